The maximum Gasteiger partial charge on any atom is 0.332 e. The van der Waals surface area contributed by atoms with Crippen molar-refractivity contribution < 1.29 is 13.6 Å². The first-order chi connectivity index (χ1) is 15.0. The Morgan fingerprint density at radius 1 is 1.28 bits per heavy atom. The van der Waals surface area contributed by atoms with Gasteiger partial charge in [-0.2, -0.15) is 0 Å². The smallest absolute Gasteiger partial charge is 0.320 e. The number of anilines is 2. The fraction of sp³-hybridized carbons (Fsp3) is 0.526. The molecule has 32 heavy (non-hydrogen) atoms. The molecular formula is C19H23F2N7O3S. The maximum atomic E-state index is 14.3. The Labute approximate surface area is 185 Å². The minimum atomic E-state index is -1.48. The summed E-state index contributed by atoms with van der Waals surface area (Å²) in [5.41, 5.74) is -0.796. The zero-order valence-corrected chi connectivity index (χ0v) is 19.0. The zero-order chi connectivity index (χ0) is 23.5. The molecule has 1 aliphatic rings. The van der Waals surface area contributed by atoms with Crippen LogP contribution >= 0.6 is 11.3 Å². The molecule has 0 saturated carbocycles. The van der Waals surface area contributed by atoms with Crippen molar-refractivity contribution >= 4 is 39.4 Å². The summed E-state index contributed by atoms with van der Waals surface area (Å²) in [6.07, 6.45) is -1.67. The summed E-state index contributed by atoms with van der Waals surface area (Å²) in [5, 5.41) is 2.92. The van der Waals surface area contributed by atoms with E-state index in [-0.39, 0.29) is 22.7 Å². The standard InChI is InChI=1S/C19H23F2N7O3S/c1-8-11(20)6-12(21)28(8)14-10(3)32-18(23-14)24-16(29)9(2)27-7-22-15-13(27)17(30)26(5)19(31)25(15)4/h7-9,11-12H,6H2,1-5H3,(H,23,24,29)/t8?,9-,11?,12?/m0/s1. The Morgan fingerprint density at radius 3 is 2.59 bits per heavy atom. The summed E-state index contributed by atoms with van der Waals surface area (Å²) in [6.45, 7) is 4.90. The van der Waals surface area contributed by atoms with Gasteiger partial charge >= 0.3 is 5.69 Å². The number of alkyl halides is 2. The molecule has 0 aromatic carbocycles. The third-order valence-corrected chi connectivity index (χ3v) is 6.78. The van der Waals surface area contributed by atoms with Gasteiger partial charge in [0.05, 0.1) is 12.4 Å². The molecule has 172 valence electrons. The SMILES string of the molecule is Cc1sc(NC(=O)[C@H](C)n2cnc3c2c(=O)n(C)c(=O)n3C)nc1N1C(F)CC(F)C1C. The van der Waals surface area contributed by atoms with Gasteiger partial charge in [0.15, 0.2) is 22.6 Å². The molecule has 13 heteroatoms. The van der Waals surface area contributed by atoms with Gasteiger partial charge in [0.1, 0.15) is 18.0 Å². The van der Waals surface area contributed by atoms with Gasteiger partial charge in [-0.15, -0.1) is 0 Å². The monoisotopic (exact) mass is 467 g/mol. The quantitative estimate of drug-likeness (QED) is 0.585. The van der Waals surface area contributed by atoms with Crippen LogP contribution in [-0.4, -0.2) is 48.1 Å². The highest BCUT2D eigenvalue weighted by molar-refractivity contribution is 7.16. The van der Waals surface area contributed by atoms with Crippen LogP contribution in [0.5, 0.6) is 0 Å². The van der Waals surface area contributed by atoms with E-state index in [9.17, 15) is 23.2 Å². The van der Waals surface area contributed by atoms with Gasteiger partial charge in [-0.05, 0) is 20.8 Å². The number of fused-ring (bicyclic) bond motifs is 1. The molecule has 4 atom stereocenters. The van der Waals surface area contributed by atoms with Crippen molar-refractivity contribution in [3.63, 3.8) is 0 Å². The Bertz CT molecular complexity index is 1330. The molecule has 1 amide bonds. The molecule has 3 aromatic heterocycles. The molecule has 1 N–H and O–H groups in total. The van der Waals surface area contributed by atoms with E-state index >= 15 is 0 Å². The molecule has 1 saturated heterocycles. The highest BCUT2D eigenvalue weighted by Gasteiger charge is 2.41. The fourth-order valence-corrected chi connectivity index (χ4v) is 4.74. The lowest BCUT2D eigenvalue weighted by Gasteiger charge is -2.24. The zero-order valence-electron chi connectivity index (χ0n) is 18.2. The molecule has 4 rings (SSSR count). The number of halogens is 2. The van der Waals surface area contributed by atoms with Crippen molar-refractivity contribution in [2.24, 2.45) is 14.1 Å². The van der Waals surface area contributed by atoms with Crippen LogP contribution in [0.25, 0.3) is 11.2 Å². The fourth-order valence-electron chi connectivity index (χ4n) is 3.93. The Kier molecular flexibility index (Phi) is 5.39. The third kappa shape index (κ3) is 3.31. The predicted octanol–water partition coefficient (Wildman–Crippen LogP) is 1.63. The van der Waals surface area contributed by atoms with Crippen LogP contribution in [0, 0.1) is 6.92 Å². The van der Waals surface area contributed by atoms with Crippen LogP contribution in [0.15, 0.2) is 15.9 Å². The molecule has 3 unspecified atom stereocenters. The number of aromatic nitrogens is 5. The number of aryl methyl sites for hydroxylation is 2. The van der Waals surface area contributed by atoms with E-state index in [4.69, 9.17) is 0 Å². The van der Waals surface area contributed by atoms with Gasteiger partial charge in [-0.1, -0.05) is 11.3 Å². The lowest BCUT2D eigenvalue weighted by molar-refractivity contribution is -0.118. The van der Waals surface area contributed by atoms with E-state index in [1.165, 1.54) is 34.5 Å². The average Bonchev–Trinajstić information content (AvgIpc) is 3.40. The molecule has 0 spiro atoms. The summed E-state index contributed by atoms with van der Waals surface area (Å²) < 4.78 is 31.8. The lowest BCUT2D eigenvalue weighted by atomic mass is 10.2. The highest BCUT2D eigenvalue weighted by Crippen LogP contribution is 2.38. The van der Waals surface area contributed by atoms with Gasteiger partial charge in [0, 0.05) is 25.4 Å². The van der Waals surface area contributed by atoms with E-state index in [0.29, 0.717) is 10.7 Å². The molecule has 4 heterocycles. The Hall–Kier alpha value is -3.09. The van der Waals surface area contributed by atoms with E-state index in [1.54, 1.807) is 20.8 Å². The maximum absolute atomic E-state index is 14.3. The van der Waals surface area contributed by atoms with Crippen molar-refractivity contribution in [1.29, 1.82) is 0 Å². The number of hydrogen-bond acceptors (Lipinski definition) is 7. The number of rotatable bonds is 4. The first-order valence-electron chi connectivity index (χ1n) is 10.00. The Balaban J connectivity index is 1.62. The van der Waals surface area contributed by atoms with Crippen LogP contribution in [0.4, 0.5) is 19.7 Å². The molecule has 1 aliphatic heterocycles. The number of hydrogen-bond donors (Lipinski definition) is 1. The van der Waals surface area contributed by atoms with Crippen molar-refractivity contribution in [3.05, 3.63) is 32.0 Å². The highest BCUT2D eigenvalue weighted by atomic mass is 32.1. The topological polar surface area (TPSA) is 107 Å². The van der Waals surface area contributed by atoms with Crippen molar-refractivity contribution in [2.75, 3.05) is 10.2 Å². The summed E-state index contributed by atoms with van der Waals surface area (Å²) in [4.78, 5) is 48.0. The number of imidazole rings is 1. The van der Waals surface area contributed by atoms with E-state index in [1.807, 2.05) is 0 Å². The number of nitrogens with zero attached hydrogens (tertiary/aromatic N) is 6. The van der Waals surface area contributed by atoms with Gasteiger partial charge in [-0.25, -0.2) is 23.5 Å². The molecular weight excluding hydrogens is 444 g/mol. The van der Waals surface area contributed by atoms with Crippen LogP contribution < -0.4 is 21.5 Å². The Morgan fingerprint density at radius 2 is 1.97 bits per heavy atom. The number of carbonyl (C=O) groups excluding carboxylic acids is 1. The van der Waals surface area contributed by atoms with Gasteiger partial charge < -0.3 is 14.8 Å². The minimum absolute atomic E-state index is 0.119. The number of carbonyl (C=O) groups is 1. The van der Waals surface area contributed by atoms with Crippen LogP contribution in [0.1, 0.15) is 31.2 Å². The average molecular weight is 468 g/mol. The van der Waals surface area contributed by atoms with E-state index in [0.717, 1.165) is 15.9 Å². The van der Waals surface area contributed by atoms with E-state index < -0.39 is 41.7 Å². The number of nitrogens with one attached hydrogen (secondary N) is 1. The summed E-state index contributed by atoms with van der Waals surface area (Å²) >= 11 is 1.15. The van der Waals surface area contributed by atoms with Gasteiger partial charge in [0.2, 0.25) is 5.91 Å². The molecule has 0 aliphatic carbocycles. The normalized spacial score (nSPS) is 22.0. The van der Waals surface area contributed by atoms with Crippen molar-refractivity contribution in [2.45, 2.75) is 51.7 Å². The molecule has 0 radical (unpaired) electrons. The summed E-state index contributed by atoms with van der Waals surface area (Å²) in [7, 11) is 2.84. The minimum Gasteiger partial charge on any atom is -0.320 e. The first kappa shape index (κ1) is 22.1. The van der Waals surface area contributed by atoms with Crippen molar-refractivity contribution in [3.8, 4) is 0 Å². The number of thiazole rings is 1. The summed E-state index contributed by atoms with van der Waals surface area (Å²) in [5.74, 6) is -0.176. The molecule has 3 aromatic rings. The van der Waals surface area contributed by atoms with Crippen molar-refractivity contribution in [1.82, 2.24) is 23.7 Å². The predicted molar refractivity (Wildman–Crippen MR) is 117 cm³/mol. The van der Waals surface area contributed by atoms with Crippen LogP contribution in [0.3, 0.4) is 0 Å². The second-order valence-corrected chi connectivity index (χ2v) is 9.13. The molecule has 0 bridgehead atoms. The second kappa shape index (κ2) is 7.80. The third-order valence-electron chi connectivity index (χ3n) is 5.90. The first-order valence-corrected chi connectivity index (χ1v) is 10.8. The van der Waals surface area contributed by atoms with E-state index in [2.05, 4.69) is 15.3 Å². The van der Waals surface area contributed by atoms with Gasteiger partial charge in [-0.3, -0.25) is 18.7 Å². The lowest BCUT2D eigenvalue weighted by Crippen LogP contribution is -2.38. The molecule has 10 nitrogen and oxygen atoms in total. The number of amides is 1. The van der Waals surface area contributed by atoms with Crippen LogP contribution in [0.2, 0.25) is 0 Å². The second-order valence-electron chi connectivity index (χ2n) is 7.93. The molecule has 1 fully saturated rings. The largest absolute Gasteiger partial charge is 0.332 e. The van der Waals surface area contributed by atoms with Crippen LogP contribution in [-0.2, 0) is 18.9 Å². The summed E-state index contributed by atoms with van der Waals surface area (Å²) in [6, 6.07) is -1.51. The van der Waals surface area contributed by atoms with Gasteiger partial charge in [0.25, 0.3) is 5.56 Å².